The molecule has 144 valence electrons. The fourth-order valence-electron chi connectivity index (χ4n) is 2.35. The first-order chi connectivity index (χ1) is 13.6. The third kappa shape index (κ3) is 5.96. The van der Waals surface area contributed by atoms with E-state index < -0.39 is 5.82 Å². The molecule has 0 spiro atoms. The number of benzene rings is 2. The van der Waals surface area contributed by atoms with Crippen LogP contribution < -0.4 is 14.8 Å². The largest absolute Gasteiger partial charge is 0.493 e. The molecular weight excluding hydrogens is 383 g/mol. The molecule has 3 aromatic rings. The van der Waals surface area contributed by atoms with Crippen LogP contribution in [0.15, 0.2) is 67.0 Å². The van der Waals surface area contributed by atoms with Crippen molar-refractivity contribution in [2.24, 2.45) is 0 Å². The highest BCUT2D eigenvalue weighted by atomic mass is 35.5. The van der Waals surface area contributed by atoms with Crippen molar-refractivity contribution < 1.29 is 18.7 Å². The van der Waals surface area contributed by atoms with Crippen LogP contribution in [0, 0.1) is 5.82 Å². The van der Waals surface area contributed by atoms with E-state index in [1.54, 1.807) is 48.7 Å². The van der Waals surface area contributed by atoms with Crippen molar-refractivity contribution >= 4 is 17.5 Å². The quantitative estimate of drug-likeness (QED) is 0.592. The Morgan fingerprint density at radius 2 is 1.93 bits per heavy atom. The van der Waals surface area contributed by atoms with E-state index in [1.165, 1.54) is 18.3 Å². The van der Waals surface area contributed by atoms with Crippen LogP contribution in [0.2, 0.25) is 5.02 Å². The molecule has 0 aliphatic heterocycles. The molecule has 2 aromatic carbocycles. The Balaban J connectivity index is 1.44. The first-order valence-corrected chi connectivity index (χ1v) is 8.99. The number of pyridine rings is 1. The van der Waals surface area contributed by atoms with Crippen LogP contribution in [-0.2, 0) is 11.3 Å². The Bertz CT molecular complexity index is 921. The smallest absolute Gasteiger partial charge is 0.223 e. The van der Waals surface area contributed by atoms with E-state index in [-0.39, 0.29) is 31.2 Å². The summed E-state index contributed by atoms with van der Waals surface area (Å²) in [6, 6.07) is 14.8. The minimum Gasteiger partial charge on any atom is -0.493 e. The summed E-state index contributed by atoms with van der Waals surface area (Å²) in [7, 11) is 0. The minimum atomic E-state index is -0.512. The van der Waals surface area contributed by atoms with Gasteiger partial charge in [0.05, 0.1) is 19.2 Å². The van der Waals surface area contributed by atoms with Gasteiger partial charge in [0, 0.05) is 17.8 Å². The van der Waals surface area contributed by atoms with Crippen LogP contribution >= 0.6 is 11.6 Å². The first kappa shape index (κ1) is 19.6. The molecule has 0 saturated heterocycles. The fraction of sp³-hybridized carbons (Fsp3) is 0.143. The molecule has 0 aliphatic rings. The number of halogens is 2. The SMILES string of the molecule is O=C(CCOc1ccc(Cl)cc1)NCc1ccc(Oc2cccnc2)c(F)c1. The van der Waals surface area contributed by atoms with E-state index in [0.717, 1.165) is 0 Å². The van der Waals surface area contributed by atoms with Crippen molar-refractivity contribution in [1.29, 1.82) is 0 Å². The minimum absolute atomic E-state index is 0.0967. The molecule has 0 radical (unpaired) electrons. The van der Waals surface area contributed by atoms with Crippen LogP contribution in [0.3, 0.4) is 0 Å². The lowest BCUT2D eigenvalue weighted by Crippen LogP contribution is -2.24. The topological polar surface area (TPSA) is 60.5 Å². The molecule has 0 saturated carbocycles. The summed E-state index contributed by atoms with van der Waals surface area (Å²) in [4.78, 5) is 15.8. The molecule has 3 rings (SSSR count). The highest BCUT2D eigenvalue weighted by molar-refractivity contribution is 6.30. The van der Waals surface area contributed by atoms with Crippen LogP contribution in [0.25, 0.3) is 0 Å². The number of hydrogen-bond donors (Lipinski definition) is 1. The van der Waals surface area contributed by atoms with Crippen molar-refractivity contribution in [3.8, 4) is 17.2 Å². The number of carbonyl (C=O) groups excluding carboxylic acids is 1. The molecule has 0 aliphatic carbocycles. The molecule has 0 unspecified atom stereocenters. The van der Waals surface area contributed by atoms with E-state index in [0.29, 0.717) is 22.1 Å². The highest BCUT2D eigenvalue weighted by Crippen LogP contribution is 2.24. The van der Waals surface area contributed by atoms with Crippen LogP contribution in [0.5, 0.6) is 17.2 Å². The summed E-state index contributed by atoms with van der Waals surface area (Å²) in [6.07, 6.45) is 3.29. The van der Waals surface area contributed by atoms with E-state index >= 15 is 0 Å². The molecule has 1 amide bonds. The van der Waals surface area contributed by atoms with E-state index in [1.807, 2.05) is 0 Å². The van der Waals surface area contributed by atoms with Crippen molar-refractivity contribution in [1.82, 2.24) is 10.3 Å². The molecular formula is C21H18ClFN2O3. The van der Waals surface area contributed by atoms with Gasteiger partial charge in [-0.3, -0.25) is 9.78 Å². The van der Waals surface area contributed by atoms with Gasteiger partial charge in [-0.05, 0) is 54.1 Å². The zero-order valence-corrected chi connectivity index (χ0v) is 15.7. The fourth-order valence-corrected chi connectivity index (χ4v) is 2.48. The second kappa shape index (κ2) is 9.71. The Hall–Kier alpha value is -3.12. The Labute approximate surface area is 167 Å². The van der Waals surface area contributed by atoms with Gasteiger partial charge in [0.15, 0.2) is 11.6 Å². The Morgan fingerprint density at radius 3 is 2.64 bits per heavy atom. The predicted octanol–water partition coefficient (Wildman–Crippen LogP) is 4.75. The van der Waals surface area contributed by atoms with E-state index in [9.17, 15) is 9.18 Å². The van der Waals surface area contributed by atoms with Crippen LogP contribution in [-0.4, -0.2) is 17.5 Å². The second-order valence-electron chi connectivity index (χ2n) is 5.88. The molecule has 7 heteroatoms. The maximum atomic E-state index is 14.2. The highest BCUT2D eigenvalue weighted by Gasteiger charge is 2.08. The molecule has 0 fully saturated rings. The van der Waals surface area contributed by atoms with Gasteiger partial charge in [0.1, 0.15) is 11.5 Å². The number of hydrogen-bond acceptors (Lipinski definition) is 4. The number of rotatable bonds is 8. The monoisotopic (exact) mass is 400 g/mol. The van der Waals surface area contributed by atoms with Gasteiger partial charge in [-0.1, -0.05) is 17.7 Å². The lowest BCUT2D eigenvalue weighted by molar-refractivity contribution is -0.121. The average Bonchev–Trinajstić information content (AvgIpc) is 2.70. The normalized spacial score (nSPS) is 10.4. The second-order valence-corrected chi connectivity index (χ2v) is 6.32. The number of amides is 1. The molecule has 0 atom stereocenters. The van der Waals surface area contributed by atoms with E-state index in [2.05, 4.69) is 10.3 Å². The van der Waals surface area contributed by atoms with Gasteiger partial charge in [-0.15, -0.1) is 0 Å². The first-order valence-electron chi connectivity index (χ1n) is 8.61. The summed E-state index contributed by atoms with van der Waals surface area (Å²) < 4.78 is 25.1. The van der Waals surface area contributed by atoms with Gasteiger partial charge < -0.3 is 14.8 Å². The van der Waals surface area contributed by atoms with Gasteiger partial charge in [0.25, 0.3) is 0 Å². The number of carbonyl (C=O) groups is 1. The van der Waals surface area contributed by atoms with Crippen LogP contribution in [0.4, 0.5) is 4.39 Å². The van der Waals surface area contributed by atoms with Crippen LogP contribution in [0.1, 0.15) is 12.0 Å². The van der Waals surface area contributed by atoms with Gasteiger partial charge in [0.2, 0.25) is 5.91 Å². The Kier molecular flexibility index (Phi) is 6.81. The average molecular weight is 401 g/mol. The van der Waals surface area contributed by atoms with Crippen molar-refractivity contribution in [3.63, 3.8) is 0 Å². The van der Waals surface area contributed by atoms with Gasteiger partial charge >= 0.3 is 0 Å². The molecule has 28 heavy (non-hydrogen) atoms. The maximum absolute atomic E-state index is 14.2. The maximum Gasteiger partial charge on any atom is 0.223 e. The number of ether oxygens (including phenoxy) is 2. The van der Waals surface area contributed by atoms with Gasteiger partial charge in [-0.25, -0.2) is 4.39 Å². The molecule has 0 bridgehead atoms. The van der Waals surface area contributed by atoms with Crippen molar-refractivity contribution in [2.45, 2.75) is 13.0 Å². The van der Waals surface area contributed by atoms with E-state index in [4.69, 9.17) is 21.1 Å². The standard InChI is InChI=1S/C21H18ClFN2O3/c22-16-4-6-17(7-5-16)27-11-9-21(26)25-13-15-3-8-20(19(23)12-15)28-18-2-1-10-24-14-18/h1-8,10,12,14H,9,11,13H2,(H,25,26). The molecule has 5 nitrogen and oxygen atoms in total. The summed E-state index contributed by atoms with van der Waals surface area (Å²) >= 11 is 5.80. The van der Waals surface area contributed by atoms with Crippen molar-refractivity contribution in [3.05, 3.63) is 83.4 Å². The summed E-state index contributed by atoms with van der Waals surface area (Å²) in [5.74, 6) is 0.484. The third-order valence-corrected chi connectivity index (χ3v) is 4.01. The molecule has 1 N–H and O–H groups in total. The number of nitrogens with zero attached hydrogens (tertiary/aromatic N) is 1. The summed E-state index contributed by atoms with van der Waals surface area (Å²) in [5.41, 5.74) is 0.628. The summed E-state index contributed by atoms with van der Waals surface area (Å²) in [6.45, 7) is 0.448. The van der Waals surface area contributed by atoms with Crippen molar-refractivity contribution in [2.75, 3.05) is 6.61 Å². The Morgan fingerprint density at radius 1 is 1.11 bits per heavy atom. The van der Waals surface area contributed by atoms with Gasteiger partial charge in [-0.2, -0.15) is 0 Å². The predicted molar refractivity (Wildman–Crippen MR) is 104 cm³/mol. The lowest BCUT2D eigenvalue weighted by atomic mass is 10.2. The lowest BCUT2D eigenvalue weighted by Gasteiger charge is -2.10. The number of nitrogens with one attached hydrogen (secondary N) is 1. The molecule has 1 aromatic heterocycles. The zero-order valence-electron chi connectivity index (χ0n) is 14.9. The summed E-state index contributed by atoms with van der Waals surface area (Å²) in [5, 5.41) is 3.35. The molecule has 1 heterocycles. The third-order valence-electron chi connectivity index (χ3n) is 3.76. The number of aromatic nitrogens is 1. The zero-order chi connectivity index (χ0) is 19.8.